The molecule has 2 atom stereocenters. The van der Waals surface area contributed by atoms with Crippen LogP contribution in [-0.4, -0.2) is 60.6 Å². The summed E-state index contributed by atoms with van der Waals surface area (Å²) in [5.41, 5.74) is 1.50. The van der Waals surface area contributed by atoms with Crippen LogP contribution in [0.5, 0.6) is 0 Å². The molecule has 0 radical (unpaired) electrons. The van der Waals surface area contributed by atoms with E-state index >= 15 is 0 Å². The van der Waals surface area contributed by atoms with Gasteiger partial charge in [0.1, 0.15) is 0 Å². The van der Waals surface area contributed by atoms with Crippen molar-refractivity contribution < 1.29 is 0 Å². The molecule has 0 aromatic heterocycles. The van der Waals surface area contributed by atoms with E-state index in [0.29, 0.717) is 0 Å². The number of likely N-dealkylation sites (tertiary alicyclic amines) is 1. The summed E-state index contributed by atoms with van der Waals surface area (Å²) in [6, 6.07) is 1.60. The van der Waals surface area contributed by atoms with E-state index in [1.54, 1.807) is 0 Å². The number of nitrogens with zero attached hydrogens (tertiary/aromatic N) is 2. The normalized spacial score (nSPS) is 29.5. The monoisotopic (exact) mass is 265 g/mol. The summed E-state index contributed by atoms with van der Waals surface area (Å²) in [5.74, 6) is 0. The van der Waals surface area contributed by atoms with Crippen LogP contribution in [0.3, 0.4) is 0 Å². The summed E-state index contributed by atoms with van der Waals surface area (Å²) < 4.78 is 0. The SMILES string of the molecule is C=C(CNC(C)(C)C)CN1CCC2CCC(C1)N2C. The second-order valence-corrected chi connectivity index (χ2v) is 7.43. The molecule has 0 saturated carbocycles. The van der Waals surface area contributed by atoms with Crippen molar-refractivity contribution in [2.45, 2.75) is 57.7 Å². The number of likely N-dealkylation sites (N-methyl/N-ethyl adjacent to an activating group) is 1. The average molecular weight is 265 g/mol. The fraction of sp³-hybridized carbons (Fsp3) is 0.875. The molecule has 0 aromatic carbocycles. The molecule has 2 unspecified atom stereocenters. The number of rotatable bonds is 4. The van der Waals surface area contributed by atoms with Crippen molar-refractivity contribution in [3.05, 3.63) is 12.2 Å². The molecule has 0 aliphatic carbocycles. The highest BCUT2D eigenvalue weighted by Gasteiger charge is 2.34. The first kappa shape index (κ1) is 15.0. The van der Waals surface area contributed by atoms with Crippen LogP contribution in [0.2, 0.25) is 0 Å². The molecule has 2 aliphatic rings. The molecule has 3 nitrogen and oxygen atoms in total. The van der Waals surface area contributed by atoms with Crippen molar-refractivity contribution in [1.82, 2.24) is 15.1 Å². The lowest BCUT2D eigenvalue weighted by Gasteiger charge is -2.27. The molecule has 0 amide bonds. The molecule has 2 rings (SSSR count). The molecule has 19 heavy (non-hydrogen) atoms. The Morgan fingerprint density at radius 1 is 1.21 bits per heavy atom. The Kier molecular flexibility index (Phi) is 4.70. The Balaban J connectivity index is 1.78. The molecule has 1 N–H and O–H groups in total. The van der Waals surface area contributed by atoms with Crippen LogP contribution in [0, 0.1) is 0 Å². The zero-order chi connectivity index (χ0) is 14.0. The minimum Gasteiger partial charge on any atom is -0.308 e. The summed E-state index contributed by atoms with van der Waals surface area (Å²) in [6.45, 7) is 15.3. The van der Waals surface area contributed by atoms with Crippen LogP contribution >= 0.6 is 0 Å². The standard InChI is InChI=1S/C16H31N3/c1-13(10-17-16(2,3)4)11-19-9-8-14-6-7-15(12-19)18(14)5/h14-15,17H,1,6-12H2,2-5H3. The van der Waals surface area contributed by atoms with Gasteiger partial charge >= 0.3 is 0 Å². The lowest BCUT2D eigenvalue weighted by Crippen LogP contribution is -2.40. The fourth-order valence-electron chi connectivity index (χ4n) is 3.29. The second-order valence-electron chi connectivity index (χ2n) is 7.43. The van der Waals surface area contributed by atoms with Crippen molar-refractivity contribution >= 4 is 0 Å². The number of hydrogen-bond acceptors (Lipinski definition) is 3. The predicted octanol–water partition coefficient (Wildman–Crippen LogP) is 2.10. The van der Waals surface area contributed by atoms with Gasteiger partial charge in [-0.2, -0.15) is 0 Å². The summed E-state index contributed by atoms with van der Waals surface area (Å²) in [7, 11) is 2.31. The molecule has 2 fully saturated rings. The van der Waals surface area contributed by atoms with Crippen molar-refractivity contribution in [3.63, 3.8) is 0 Å². The van der Waals surface area contributed by atoms with Gasteiger partial charge in [-0.1, -0.05) is 6.58 Å². The quantitative estimate of drug-likeness (QED) is 0.785. The average Bonchev–Trinajstić information content (AvgIpc) is 2.54. The first-order chi connectivity index (χ1) is 8.85. The molecule has 0 spiro atoms. The van der Waals surface area contributed by atoms with Gasteiger partial charge in [-0.3, -0.25) is 9.80 Å². The van der Waals surface area contributed by atoms with E-state index < -0.39 is 0 Å². The predicted molar refractivity (Wildman–Crippen MR) is 82.5 cm³/mol. The third-order valence-corrected chi connectivity index (χ3v) is 4.55. The van der Waals surface area contributed by atoms with Crippen molar-refractivity contribution in [2.24, 2.45) is 0 Å². The maximum atomic E-state index is 4.25. The number of fused-ring (bicyclic) bond motifs is 2. The number of hydrogen-bond donors (Lipinski definition) is 1. The lowest BCUT2D eigenvalue weighted by molar-refractivity contribution is 0.226. The molecule has 2 aliphatic heterocycles. The van der Waals surface area contributed by atoms with E-state index in [9.17, 15) is 0 Å². The molecule has 110 valence electrons. The topological polar surface area (TPSA) is 18.5 Å². The zero-order valence-corrected chi connectivity index (χ0v) is 13.2. The minimum absolute atomic E-state index is 0.182. The van der Waals surface area contributed by atoms with Crippen molar-refractivity contribution in [1.29, 1.82) is 0 Å². The highest BCUT2D eigenvalue weighted by Crippen LogP contribution is 2.28. The van der Waals surface area contributed by atoms with Gasteiger partial charge in [-0.25, -0.2) is 0 Å². The Morgan fingerprint density at radius 3 is 2.58 bits per heavy atom. The van der Waals surface area contributed by atoms with Gasteiger partial charge in [0.15, 0.2) is 0 Å². The first-order valence-corrected chi connectivity index (χ1v) is 7.71. The van der Waals surface area contributed by atoms with Gasteiger partial charge in [0.05, 0.1) is 0 Å². The first-order valence-electron chi connectivity index (χ1n) is 7.71. The maximum absolute atomic E-state index is 4.25. The van der Waals surface area contributed by atoms with E-state index in [4.69, 9.17) is 0 Å². The van der Waals surface area contributed by atoms with Crippen molar-refractivity contribution in [3.8, 4) is 0 Å². The summed E-state index contributed by atoms with van der Waals surface area (Å²) in [4.78, 5) is 5.21. The second kappa shape index (κ2) is 5.94. The smallest absolute Gasteiger partial charge is 0.0223 e. The lowest BCUT2D eigenvalue weighted by atomic mass is 10.1. The molecule has 0 aromatic rings. The van der Waals surface area contributed by atoms with Gasteiger partial charge in [-0.05, 0) is 52.7 Å². The Bertz CT molecular complexity index is 318. The van der Waals surface area contributed by atoms with E-state index in [0.717, 1.165) is 25.2 Å². The van der Waals surface area contributed by atoms with Crippen LogP contribution in [-0.2, 0) is 0 Å². The number of nitrogens with one attached hydrogen (secondary N) is 1. The van der Waals surface area contributed by atoms with Gasteiger partial charge < -0.3 is 5.32 Å². The Labute approximate surface area is 119 Å². The fourth-order valence-corrected chi connectivity index (χ4v) is 3.29. The molecule has 3 heteroatoms. The van der Waals surface area contributed by atoms with E-state index in [-0.39, 0.29) is 5.54 Å². The Morgan fingerprint density at radius 2 is 1.89 bits per heavy atom. The minimum atomic E-state index is 0.182. The van der Waals surface area contributed by atoms with Crippen LogP contribution < -0.4 is 5.32 Å². The van der Waals surface area contributed by atoms with Gasteiger partial charge in [0.25, 0.3) is 0 Å². The summed E-state index contributed by atoms with van der Waals surface area (Å²) in [5, 5.41) is 3.53. The van der Waals surface area contributed by atoms with Crippen LogP contribution in [0.1, 0.15) is 40.0 Å². The summed E-state index contributed by atoms with van der Waals surface area (Å²) >= 11 is 0. The van der Waals surface area contributed by atoms with Gasteiger partial charge in [-0.15, -0.1) is 0 Å². The van der Waals surface area contributed by atoms with Crippen molar-refractivity contribution in [2.75, 3.05) is 33.2 Å². The van der Waals surface area contributed by atoms with Gasteiger partial charge in [0.2, 0.25) is 0 Å². The Hall–Kier alpha value is -0.380. The van der Waals surface area contributed by atoms with Crippen LogP contribution in [0.15, 0.2) is 12.2 Å². The van der Waals surface area contributed by atoms with Gasteiger partial charge in [0, 0.05) is 43.8 Å². The van der Waals surface area contributed by atoms with Crippen LogP contribution in [0.4, 0.5) is 0 Å². The zero-order valence-electron chi connectivity index (χ0n) is 13.2. The van der Waals surface area contributed by atoms with E-state index in [1.165, 1.54) is 37.9 Å². The van der Waals surface area contributed by atoms with E-state index in [2.05, 4.69) is 49.5 Å². The third-order valence-electron chi connectivity index (χ3n) is 4.55. The van der Waals surface area contributed by atoms with E-state index in [1.807, 2.05) is 0 Å². The highest BCUT2D eigenvalue weighted by molar-refractivity contribution is 5.03. The maximum Gasteiger partial charge on any atom is 0.0223 e. The third kappa shape index (κ3) is 4.30. The molecule has 2 bridgehead atoms. The van der Waals surface area contributed by atoms with Crippen LogP contribution in [0.25, 0.3) is 0 Å². The molecular weight excluding hydrogens is 234 g/mol. The molecule has 2 heterocycles. The largest absolute Gasteiger partial charge is 0.308 e. The highest BCUT2D eigenvalue weighted by atomic mass is 15.3. The summed E-state index contributed by atoms with van der Waals surface area (Å²) in [6.07, 6.45) is 4.11. The molecular formula is C16H31N3. The molecule has 2 saturated heterocycles.